The summed E-state index contributed by atoms with van der Waals surface area (Å²) in [4.78, 5) is 14.8. The van der Waals surface area contributed by atoms with Crippen LogP contribution in [-0.4, -0.2) is 49.6 Å². The van der Waals surface area contributed by atoms with Gasteiger partial charge in [-0.05, 0) is 24.0 Å². The second-order valence-electron chi connectivity index (χ2n) is 7.43. The zero-order valence-electron chi connectivity index (χ0n) is 15.4. The zero-order chi connectivity index (χ0) is 18.1. The number of nitrogens with zero attached hydrogens (tertiary/aromatic N) is 2. The Morgan fingerprint density at radius 3 is 2.77 bits per heavy atom. The number of carbonyl (C=O) groups excluding carboxylic acids is 1. The molecule has 1 aromatic rings. The maximum absolute atomic E-state index is 12.6. The van der Waals surface area contributed by atoms with Gasteiger partial charge < -0.3 is 10.1 Å². The van der Waals surface area contributed by atoms with E-state index in [4.69, 9.17) is 4.74 Å². The fourth-order valence-electron chi connectivity index (χ4n) is 3.71. The molecule has 2 unspecified atom stereocenters. The van der Waals surface area contributed by atoms with Gasteiger partial charge in [-0.15, -0.1) is 0 Å². The minimum Gasteiger partial charge on any atom is -0.379 e. The van der Waals surface area contributed by atoms with Crippen LogP contribution in [0.15, 0.2) is 36.0 Å². The van der Waals surface area contributed by atoms with Crippen molar-refractivity contribution in [1.29, 1.82) is 0 Å². The highest BCUT2D eigenvalue weighted by Gasteiger charge is 2.38. The number of nitrogens with one attached hydrogen (secondary N) is 3. The monoisotopic (exact) mass is 357 g/mol. The van der Waals surface area contributed by atoms with E-state index in [-0.39, 0.29) is 18.4 Å². The van der Waals surface area contributed by atoms with Crippen molar-refractivity contribution < 1.29 is 9.53 Å². The summed E-state index contributed by atoms with van der Waals surface area (Å²) < 4.78 is 5.41. The number of morpholine rings is 1. The second-order valence-corrected chi connectivity index (χ2v) is 7.43. The van der Waals surface area contributed by atoms with E-state index < -0.39 is 0 Å². The molecule has 0 radical (unpaired) electrons. The summed E-state index contributed by atoms with van der Waals surface area (Å²) in [6.45, 7) is 7.45. The lowest BCUT2D eigenvalue weighted by Crippen LogP contribution is -2.68. The highest BCUT2D eigenvalue weighted by molar-refractivity contribution is 5.96. The van der Waals surface area contributed by atoms with E-state index in [2.05, 4.69) is 53.0 Å². The van der Waals surface area contributed by atoms with Crippen LogP contribution in [0, 0.1) is 5.92 Å². The first kappa shape index (κ1) is 17.5. The van der Waals surface area contributed by atoms with E-state index in [0.29, 0.717) is 24.7 Å². The molecule has 0 aliphatic carbocycles. The molecule has 140 valence electrons. The largest absolute Gasteiger partial charge is 0.379 e. The van der Waals surface area contributed by atoms with Crippen LogP contribution in [0.4, 0.5) is 5.69 Å². The fraction of sp³-hybridized carbons (Fsp3) is 0.526. The van der Waals surface area contributed by atoms with Gasteiger partial charge in [0.05, 0.1) is 24.5 Å². The Labute approximate surface area is 154 Å². The molecule has 7 nitrogen and oxygen atoms in total. The van der Waals surface area contributed by atoms with Gasteiger partial charge in [0.15, 0.2) is 0 Å². The maximum Gasteiger partial charge on any atom is 0.254 e. The van der Waals surface area contributed by atoms with Crippen molar-refractivity contribution in [1.82, 2.24) is 21.0 Å². The van der Waals surface area contributed by atoms with Crippen LogP contribution >= 0.6 is 0 Å². The van der Waals surface area contributed by atoms with E-state index in [1.807, 2.05) is 17.3 Å². The van der Waals surface area contributed by atoms with Gasteiger partial charge >= 0.3 is 0 Å². The molecule has 3 N–H and O–H groups in total. The number of hydrogen-bond acceptors (Lipinski definition) is 6. The molecule has 0 saturated carbocycles. The number of carbonyl (C=O) groups is 1. The highest BCUT2D eigenvalue weighted by Crippen LogP contribution is 2.27. The molecule has 26 heavy (non-hydrogen) atoms. The van der Waals surface area contributed by atoms with Crippen molar-refractivity contribution >= 4 is 11.6 Å². The lowest BCUT2D eigenvalue weighted by atomic mass is 10.0. The number of para-hydroxylation sites is 1. The van der Waals surface area contributed by atoms with E-state index in [9.17, 15) is 4.79 Å². The molecule has 2 saturated heterocycles. The summed E-state index contributed by atoms with van der Waals surface area (Å²) in [7, 11) is 0. The van der Waals surface area contributed by atoms with Gasteiger partial charge in [0.25, 0.3) is 5.91 Å². The van der Waals surface area contributed by atoms with Gasteiger partial charge in [0.2, 0.25) is 0 Å². The van der Waals surface area contributed by atoms with E-state index in [1.165, 1.54) is 5.56 Å². The zero-order valence-corrected chi connectivity index (χ0v) is 15.4. The third-order valence-electron chi connectivity index (χ3n) is 4.99. The summed E-state index contributed by atoms with van der Waals surface area (Å²) in [5, 5.41) is 8.53. The quantitative estimate of drug-likeness (QED) is 0.739. The predicted molar refractivity (Wildman–Crippen MR) is 99.9 cm³/mol. The average molecular weight is 357 g/mol. The molecule has 3 aliphatic heterocycles. The standard InChI is InChI=1S/C19H27N5O2/c1-13(2)11-14-5-3-4-6-16(14)24-12-15-17(22-24)20-19(21-18(15)25)23-7-9-26-10-8-23/h3-6,12-13,17,19-20,22H,7-11H2,1-2H3,(H,21,25). The Bertz CT molecular complexity index is 699. The van der Waals surface area contributed by atoms with Crippen LogP contribution < -0.4 is 21.1 Å². The molecule has 3 heterocycles. The molecule has 4 rings (SSSR count). The maximum atomic E-state index is 12.6. The fourth-order valence-corrected chi connectivity index (χ4v) is 3.71. The summed E-state index contributed by atoms with van der Waals surface area (Å²) in [5.41, 5.74) is 6.52. The summed E-state index contributed by atoms with van der Waals surface area (Å²) in [5.74, 6) is 0.544. The van der Waals surface area contributed by atoms with Gasteiger partial charge in [-0.1, -0.05) is 32.0 Å². The molecule has 7 heteroatoms. The van der Waals surface area contributed by atoms with Gasteiger partial charge in [-0.3, -0.25) is 20.0 Å². The number of benzene rings is 1. The third-order valence-corrected chi connectivity index (χ3v) is 4.99. The Morgan fingerprint density at radius 2 is 2.00 bits per heavy atom. The smallest absolute Gasteiger partial charge is 0.254 e. The van der Waals surface area contributed by atoms with Gasteiger partial charge in [-0.25, -0.2) is 5.43 Å². The first-order valence-corrected chi connectivity index (χ1v) is 9.35. The second kappa shape index (κ2) is 7.36. The Hall–Kier alpha value is -1.93. The molecule has 2 fully saturated rings. The van der Waals surface area contributed by atoms with Gasteiger partial charge in [0.1, 0.15) is 12.5 Å². The van der Waals surface area contributed by atoms with E-state index >= 15 is 0 Å². The first-order valence-electron chi connectivity index (χ1n) is 9.35. The van der Waals surface area contributed by atoms with Crippen molar-refractivity contribution in [3.63, 3.8) is 0 Å². The molecule has 1 aromatic carbocycles. The van der Waals surface area contributed by atoms with Crippen LogP contribution in [0.2, 0.25) is 0 Å². The molecule has 1 amide bonds. The predicted octanol–water partition coefficient (Wildman–Crippen LogP) is 0.755. The first-order chi connectivity index (χ1) is 12.6. The number of ether oxygens (including phenoxy) is 1. The van der Waals surface area contributed by atoms with Crippen LogP contribution in [0.25, 0.3) is 0 Å². The van der Waals surface area contributed by atoms with Gasteiger partial charge in [0, 0.05) is 19.3 Å². The van der Waals surface area contributed by atoms with Gasteiger partial charge in [-0.2, -0.15) is 0 Å². The number of hydrogen-bond donors (Lipinski definition) is 3. The molecule has 0 bridgehead atoms. The van der Waals surface area contributed by atoms with Crippen LogP contribution in [-0.2, 0) is 16.0 Å². The van der Waals surface area contributed by atoms with Crippen molar-refractivity contribution in [2.45, 2.75) is 32.7 Å². The molecule has 0 aromatic heterocycles. The number of fused-ring (bicyclic) bond motifs is 1. The topological polar surface area (TPSA) is 68.9 Å². The highest BCUT2D eigenvalue weighted by atomic mass is 16.5. The lowest BCUT2D eigenvalue weighted by molar-refractivity contribution is -0.123. The molecule has 3 aliphatic rings. The normalized spacial score (nSPS) is 26.7. The van der Waals surface area contributed by atoms with Crippen molar-refractivity contribution in [3.8, 4) is 0 Å². The minimum absolute atomic E-state index is 0.0263. The summed E-state index contributed by atoms with van der Waals surface area (Å²) in [6.07, 6.45) is 2.54. The Morgan fingerprint density at radius 1 is 1.23 bits per heavy atom. The Balaban J connectivity index is 1.51. The summed E-state index contributed by atoms with van der Waals surface area (Å²) >= 11 is 0. The minimum atomic E-state index is -0.191. The van der Waals surface area contributed by atoms with Crippen LogP contribution in [0.3, 0.4) is 0 Å². The SMILES string of the molecule is CC(C)Cc1ccccc1N1C=C2C(=O)NC(N3CCOCC3)NC2N1. The van der Waals surface area contributed by atoms with Crippen LogP contribution in [0.1, 0.15) is 19.4 Å². The number of hydrazine groups is 1. The van der Waals surface area contributed by atoms with E-state index in [0.717, 1.165) is 25.2 Å². The summed E-state index contributed by atoms with van der Waals surface area (Å²) in [6, 6.07) is 8.35. The number of rotatable bonds is 4. The van der Waals surface area contributed by atoms with Crippen molar-refractivity contribution in [3.05, 3.63) is 41.6 Å². The van der Waals surface area contributed by atoms with Crippen molar-refractivity contribution in [2.75, 3.05) is 31.3 Å². The lowest BCUT2D eigenvalue weighted by Gasteiger charge is -2.40. The third kappa shape index (κ3) is 3.48. The molecular formula is C19H27N5O2. The average Bonchev–Trinajstić information content (AvgIpc) is 3.07. The molecular weight excluding hydrogens is 330 g/mol. The molecule has 2 atom stereocenters. The van der Waals surface area contributed by atoms with Crippen molar-refractivity contribution in [2.24, 2.45) is 5.92 Å². The number of amides is 1. The Kier molecular flexibility index (Phi) is 4.95. The van der Waals surface area contributed by atoms with Crippen LogP contribution in [0.5, 0.6) is 0 Å². The molecule has 0 spiro atoms. The van der Waals surface area contributed by atoms with E-state index in [1.54, 1.807) is 0 Å². The number of anilines is 1.